The fourth-order valence-corrected chi connectivity index (χ4v) is 6.29. The van der Waals surface area contributed by atoms with Crippen molar-refractivity contribution in [2.24, 2.45) is 0 Å². The summed E-state index contributed by atoms with van der Waals surface area (Å²) in [7, 11) is 2.07. The fraction of sp³-hybridized carbons (Fsp3) is 0.414. The van der Waals surface area contributed by atoms with E-state index in [1.165, 1.54) is 0 Å². The van der Waals surface area contributed by atoms with E-state index in [0.29, 0.717) is 5.95 Å². The number of amides is 2. The largest absolute Gasteiger partial charge is 0.364 e. The zero-order valence-corrected chi connectivity index (χ0v) is 23.1. The minimum atomic E-state index is 0.0720. The summed E-state index contributed by atoms with van der Waals surface area (Å²) in [4.78, 5) is 39.3. The minimum Gasteiger partial charge on any atom is -0.364 e. The molecule has 6 heterocycles. The number of nitrogens with one attached hydrogen (secondary N) is 1. The van der Waals surface area contributed by atoms with E-state index < -0.39 is 0 Å². The van der Waals surface area contributed by atoms with E-state index >= 15 is 0 Å². The molecule has 2 bridgehead atoms. The molecule has 2 atom stereocenters. The minimum absolute atomic E-state index is 0.0720. The van der Waals surface area contributed by atoms with Crippen LogP contribution in [-0.4, -0.2) is 109 Å². The van der Waals surface area contributed by atoms with Crippen LogP contribution >= 0.6 is 0 Å². The maximum absolute atomic E-state index is 13.3. The second-order valence-corrected chi connectivity index (χ2v) is 11.2. The van der Waals surface area contributed by atoms with Gasteiger partial charge in [-0.1, -0.05) is 18.2 Å². The van der Waals surface area contributed by atoms with Gasteiger partial charge < -0.3 is 24.9 Å². The zero-order chi connectivity index (χ0) is 27.9. The fourth-order valence-electron chi connectivity index (χ4n) is 6.29. The van der Waals surface area contributed by atoms with Gasteiger partial charge in [-0.3, -0.25) is 14.3 Å². The Bertz CT molecular complexity index is 1540. The summed E-state index contributed by atoms with van der Waals surface area (Å²) in [5, 5.41) is 12.2. The summed E-state index contributed by atoms with van der Waals surface area (Å²) in [5.41, 5.74) is 3.24. The van der Waals surface area contributed by atoms with Crippen LogP contribution in [0.25, 0.3) is 5.65 Å². The summed E-state index contributed by atoms with van der Waals surface area (Å²) >= 11 is 0. The number of likely N-dealkylation sites (N-methyl/N-ethyl adjacent to an activating group) is 1. The van der Waals surface area contributed by atoms with Gasteiger partial charge in [0, 0.05) is 69.3 Å². The second kappa shape index (κ2) is 10.5. The lowest BCUT2D eigenvalue weighted by molar-refractivity contribution is -0.133. The monoisotopic (exact) mass is 554 g/mol. The molecule has 4 aromatic rings. The summed E-state index contributed by atoms with van der Waals surface area (Å²) in [6.07, 6.45) is 7.39. The zero-order valence-electron chi connectivity index (χ0n) is 23.1. The molecule has 12 heteroatoms. The first-order valence-electron chi connectivity index (χ1n) is 14.3. The van der Waals surface area contributed by atoms with Gasteiger partial charge in [0.1, 0.15) is 6.54 Å². The van der Waals surface area contributed by atoms with Crippen LogP contribution < -0.4 is 10.2 Å². The molecule has 212 valence electrons. The van der Waals surface area contributed by atoms with E-state index in [0.717, 1.165) is 74.7 Å². The third kappa shape index (κ3) is 4.99. The van der Waals surface area contributed by atoms with Gasteiger partial charge in [-0.15, -0.1) is 5.10 Å². The first kappa shape index (κ1) is 25.5. The van der Waals surface area contributed by atoms with Gasteiger partial charge in [0.05, 0.1) is 17.6 Å². The van der Waals surface area contributed by atoms with Gasteiger partial charge in [-0.2, -0.15) is 10.1 Å². The van der Waals surface area contributed by atoms with E-state index in [1.54, 1.807) is 21.6 Å². The first-order chi connectivity index (χ1) is 20.0. The lowest BCUT2D eigenvalue weighted by Gasteiger charge is -2.42. The Morgan fingerprint density at radius 2 is 1.73 bits per heavy atom. The molecule has 41 heavy (non-hydrogen) atoms. The average Bonchev–Trinajstić information content (AvgIpc) is 3.68. The molecule has 3 aliphatic rings. The smallest absolute Gasteiger partial charge is 0.254 e. The van der Waals surface area contributed by atoms with E-state index in [9.17, 15) is 9.59 Å². The van der Waals surface area contributed by atoms with Crippen molar-refractivity contribution in [1.82, 2.24) is 39.1 Å². The number of benzene rings is 1. The van der Waals surface area contributed by atoms with Crippen LogP contribution in [0.1, 0.15) is 23.2 Å². The Hall–Kier alpha value is -4.45. The molecule has 3 saturated heterocycles. The number of nitrogens with zero attached hydrogens (tertiary/aromatic N) is 9. The number of piperazine rings is 2. The number of hydrogen-bond acceptors (Lipinski definition) is 8. The molecule has 1 aromatic carbocycles. The normalized spacial score (nSPS) is 21.0. The molecule has 1 N–H and O–H groups in total. The van der Waals surface area contributed by atoms with Crippen LogP contribution in [0.4, 0.5) is 17.3 Å². The molecule has 2 amide bonds. The number of carbonyl (C=O) groups is 2. The van der Waals surface area contributed by atoms with Crippen LogP contribution in [0.3, 0.4) is 0 Å². The third-order valence-corrected chi connectivity index (χ3v) is 8.46. The SMILES string of the molecule is CN1CCN(C(=O)Cn2cc(Nc3nc4c(N5CC6CCC(C5)N6C(=O)c5ccccc5)cccn4n3)cn2)CC1. The van der Waals surface area contributed by atoms with Crippen LogP contribution in [0, 0.1) is 0 Å². The number of pyridine rings is 1. The molecule has 0 aliphatic carbocycles. The van der Waals surface area contributed by atoms with E-state index in [4.69, 9.17) is 4.98 Å². The number of hydrogen-bond donors (Lipinski definition) is 1. The molecule has 0 radical (unpaired) electrons. The van der Waals surface area contributed by atoms with Crippen molar-refractivity contribution in [3.8, 4) is 0 Å². The Balaban J connectivity index is 1.04. The Labute approximate surface area is 238 Å². The highest BCUT2D eigenvalue weighted by Crippen LogP contribution is 2.35. The number of rotatable bonds is 6. The van der Waals surface area contributed by atoms with Gasteiger partial charge in [0.15, 0.2) is 5.65 Å². The van der Waals surface area contributed by atoms with E-state index in [2.05, 4.69) is 43.3 Å². The van der Waals surface area contributed by atoms with Gasteiger partial charge >= 0.3 is 0 Å². The van der Waals surface area contributed by atoms with Gasteiger partial charge in [0.25, 0.3) is 5.91 Å². The van der Waals surface area contributed by atoms with Crippen LogP contribution in [-0.2, 0) is 11.3 Å². The Kier molecular flexibility index (Phi) is 6.54. The molecule has 0 saturated carbocycles. The highest BCUT2D eigenvalue weighted by Gasteiger charge is 2.43. The van der Waals surface area contributed by atoms with E-state index in [1.807, 2.05) is 47.5 Å². The Morgan fingerprint density at radius 3 is 2.49 bits per heavy atom. The van der Waals surface area contributed by atoms with Crippen molar-refractivity contribution in [3.63, 3.8) is 0 Å². The molecule has 12 nitrogen and oxygen atoms in total. The highest BCUT2D eigenvalue weighted by atomic mass is 16.2. The van der Waals surface area contributed by atoms with Crippen LogP contribution in [0.15, 0.2) is 61.1 Å². The molecule has 3 fully saturated rings. The standard InChI is InChI=1S/C29H34N10O2/c1-34-12-14-35(15-13-34)26(40)20-37-17-22(16-30-37)31-29-32-27-25(8-5-11-38(27)33-29)36-18-23-9-10-24(19-36)39(23)28(41)21-6-3-2-4-7-21/h2-8,11,16-17,23-24H,9-10,12-15,18-20H2,1H3,(H,31,33). The van der Waals surface area contributed by atoms with Crippen LogP contribution in [0.5, 0.6) is 0 Å². The van der Waals surface area contributed by atoms with Crippen molar-refractivity contribution in [2.45, 2.75) is 31.5 Å². The number of aromatic nitrogens is 5. The molecular formula is C29H34N10O2. The molecule has 2 unspecified atom stereocenters. The molecular weight excluding hydrogens is 520 g/mol. The van der Waals surface area contributed by atoms with Crippen molar-refractivity contribution >= 4 is 34.8 Å². The maximum Gasteiger partial charge on any atom is 0.254 e. The predicted octanol–water partition coefficient (Wildman–Crippen LogP) is 1.94. The first-order valence-corrected chi connectivity index (χ1v) is 14.3. The number of carbonyl (C=O) groups excluding carboxylic acids is 2. The quantitative estimate of drug-likeness (QED) is 0.386. The van der Waals surface area contributed by atoms with Crippen molar-refractivity contribution in [1.29, 1.82) is 0 Å². The van der Waals surface area contributed by atoms with Gasteiger partial charge in [0.2, 0.25) is 11.9 Å². The summed E-state index contributed by atoms with van der Waals surface area (Å²) in [5.74, 6) is 0.654. The Morgan fingerprint density at radius 1 is 0.976 bits per heavy atom. The lowest BCUT2D eigenvalue weighted by Crippen LogP contribution is -2.56. The molecule has 3 aromatic heterocycles. The van der Waals surface area contributed by atoms with Crippen LogP contribution in [0.2, 0.25) is 0 Å². The average molecular weight is 555 g/mol. The second-order valence-electron chi connectivity index (χ2n) is 11.2. The van der Waals surface area contributed by atoms with Crippen molar-refractivity contribution in [3.05, 3.63) is 66.6 Å². The number of anilines is 3. The summed E-state index contributed by atoms with van der Waals surface area (Å²) in [6.45, 7) is 5.00. The van der Waals surface area contributed by atoms with Gasteiger partial charge in [-0.25, -0.2) is 4.52 Å². The molecule has 7 rings (SSSR count). The third-order valence-electron chi connectivity index (χ3n) is 8.46. The van der Waals surface area contributed by atoms with Crippen molar-refractivity contribution < 1.29 is 9.59 Å². The maximum atomic E-state index is 13.3. The number of fused-ring (bicyclic) bond motifs is 3. The predicted molar refractivity (Wildman–Crippen MR) is 154 cm³/mol. The van der Waals surface area contributed by atoms with Gasteiger partial charge in [-0.05, 0) is 44.2 Å². The van der Waals surface area contributed by atoms with E-state index in [-0.39, 0.29) is 30.4 Å². The lowest BCUT2D eigenvalue weighted by atomic mass is 10.1. The molecule has 3 aliphatic heterocycles. The highest BCUT2D eigenvalue weighted by molar-refractivity contribution is 5.95. The summed E-state index contributed by atoms with van der Waals surface area (Å²) in [6, 6.07) is 14.0. The summed E-state index contributed by atoms with van der Waals surface area (Å²) < 4.78 is 3.43. The molecule has 0 spiro atoms. The van der Waals surface area contributed by atoms with Crippen molar-refractivity contribution in [2.75, 3.05) is 56.5 Å². The topological polar surface area (TPSA) is 107 Å².